The van der Waals surface area contributed by atoms with Gasteiger partial charge in [-0.1, -0.05) is 67.9 Å². The van der Waals surface area contributed by atoms with E-state index in [9.17, 15) is 5.11 Å². The first-order valence-corrected chi connectivity index (χ1v) is 7.84. The summed E-state index contributed by atoms with van der Waals surface area (Å²) in [5.74, 6) is 0.709. The molecule has 112 valence electrons. The van der Waals surface area contributed by atoms with Crippen LogP contribution in [0.25, 0.3) is 10.8 Å². The van der Waals surface area contributed by atoms with Crippen LogP contribution in [-0.2, 0) is 6.42 Å². The Kier molecular flexibility index (Phi) is 3.89. The molecule has 22 heavy (non-hydrogen) atoms. The van der Waals surface area contributed by atoms with E-state index in [1.807, 2.05) is 12.1 Å². The molecule has 0 heterocycles. The lowest BCUT2D eigenvalue weighted by molar-refractivity contribution is 0.466. The number of rotatable bonds is 3. The van der Waals surface area contributed by atoms with E-state index >= 15 is 0 Å². The van der Waals surface area contributed by atoms with Crippen LogP contribution in [-0.4, -0.2) is 5.11 Å². The third-order valence-corrected chi connectivity index (χ3v) is 4.17. The molecule has 1 heteroatoms. The quantitative estimate of drug-likeness (QED) is 0.668. The van der Waals surface area contributed by atoms with Crippen molar-refractivity contribution in [1.82, 2.24) is 0 Å². The summed E-state index contributed by atoms with van der Waals surface area (Å²) in [5.41, 5.74) is 4.98. The van der Waals surface area contributed by atoms with Gasteiger partial charge in [0.15, 0.2) is 0 Å². The van der Waals surface area contributed by atoms with Crippen LogP contribution in [0.3, 0.4) is 0 Å². The van der Waals surface area contributed by atoms with E-state index in [1.54, 1.807) is 0 Å². The number of phenolic OH excluding ortho intramolecular Hbond substituents is 1. The van der Waals surface area contributed by atoms with Gasteiger partial charge in [0.2, 0.25) is 0 Å². The van der Waals surface area contributed by atoms with Crippen molar-refractivity contribution in [3.8, 4) is 5.75 Å². The molecular formula is C21H22O. The lowest BCUT2D eigenvalue weighted by Gasteiger charge is -2.13. The van der Waals surface area contributed by atoms with Crippen molar-refractivity contribution < 1.29 is 5.11 Å². The van der Waals surface area contributed by atoms with Crippen molar-refractivity contribution in [1.29, 1.82) is 0 Å². The van der Waals surface area contributed by atoms with Crippen LogP contribution in [0.4, 0.5) is 0 Å². The fraction of sp³-hybridized carbons (Fsp3) is 0.238. The fourth-order valence-electron chi connectivity index (χ4n) is 3.17. The highest BCUT2D eigenvalue weighted by atomic mass is 16.3. The monoisotopic (exact) mass is 290 g/mol. The summed E-state index contributed by atoms with van der Waals surface area (Å²) in [5, 5.41) is 12.5. The van der Waals surface area contributed by atoms with Gasteiger partial charge in [0.05, 0.1) is 0 Å². The van der Waals surface area contributed by atoms with Crippen molar-refractivity contribution in [3.63, 3.8) is 0 Å². The van der Waals surface area contributed by atoms with Crippen LogP contribution in [0.5, 0.6) is 5.75 Å². The molecule has 0 fully saturated rings. The van der Waals surface area contributed by atoms with E-state index in [2.05, 4.69) is 63.2 Å². The zero-order valence-electron chi connectivity index (χ0n) is 13.4. The number of phenols is 1. The van der Waals surface area contributed by atoms with Gasteiger partial charge >= 0.3 is 0 Å². The van der Waals surface area contributed by atoms with Crippen molar-refractivity contribution >= 4 is 10.8 Å². The molecule has 0 bridgehead atoms. The molecule has 0 radical (unpaired) electrons. The van der Waals surface area contributed by atoms with Crippen LogP contribution < -0.4 is 0 Å². The maximum absolute atomic E-state index is 10.1. The normalized spacial score (nSPS) is 11.3. The molecule has 0 aliphatic rings. The number of aromatic hydroxyl groups is 1. The lowest BCUT2D eigenvalue weighted by atomic mass is 9.93. The average Bonchev–Trinajstić information content (AvgIpc) is 2.47. The molecule has 0 amide bonds. The second-order valence-corrected chi connectivity index (χ2v) is 6.37. The summed E-state index contributed by atoms with van der Waals surface area (Å²) >= 11 is 0. The van der Waals surface area contributed by atoms with Crippen LogP contribution in [0.1, 0.15) is 42.0 Å². The number of hydrogen-bond acceptors (Lipinski definition) is 1. The van der Waals surface area contributed by atoms with Gasteiger partial charge in [0, 0.05) is 5.56 Å². The zero-order valence-corrected chi connectivity index (χ0v) is 13.4. The van der Waals surface area contributed by atoms with Crippen molar-refractivity contribution in [2.24, 2.45) is 0 Å². The number of aryl methyl sites for hydroxylation is 1. The molecule has 1 nitrogen and oxygen atoms in total. The summed E-state index contributed by atoms with van der Waals surface area (Å²) in [7, 11) is 0. The van der Waals surface area contributed by atoms with E-state index in [4.69, 9.17) is 0 Å². The third-order valence-electron chi connectivity index (χ3n) is 4.17. The third kappa shape index (κ3) is 2.85. The van der Waals surface area contributed by atoms with Gasteiger partial charge in [0.1, 0.15) is 5.75 Å². The summed E-state index contributed by atoms with van der Waals surface area (Å²) in [4.78, 5) is 0. The van der Waals surface area contributed by atoms with Gasteiger partial charge in [-0.05, 0) is 47.2 Å². The second kappa shape index (κ2) is 5.84. The molecule has 0 saturated heterocycles. The predicted octanol–water partition coefficient (Wildman–Crippen LogP) is 5.57. The van der Waals surface area contributed by atoms with Gasteiger partial charge in [-0.2, -0.15) is 0 Å². The maximum Gasteiger partial charge on any atom is 0.119 e. The molecule has 0 atom stereocenters. The molecular weight excluding hydrogens is 268 g/mol. The molecule has 0 aliphatic heterocycles. The van der Waals surface area contributed by atoms with Gasteiger partial charge in [-0.15, -0.1) is 0 Å². The maximum atomic E-state index is 10.1. The van der Waals surface area contributed by atoms with Crippen LogP contribution >= 0.6 is 0 Å². The van der Waals surface area contributed by atoms with Crippen molar-refractivity contribution in [3.05, 3.63) is 76.9 Å². The fourth-order valence-corrected chi connectivity index (χ4v) is 3.17. The summed E-state index contributed by atoms with van der Waals surface area (Å²) < 4.78 is 0. The molecule has 0 aliphatic carbocycles. The van der Waals surface area contributed by atoms with E-state index in [1.165, 1.54) is 22.1 Å². The molecule has 0 unspecified atom stereocenters. The van der Waals surface area contributed by atoms with Gasteiger partial charge in [-0.3, -0.25) is 0 Å². The Hall–Kier alpha value is -2.28. The molecule has 3 aromatic carbocycles. The molecule has 1 N–H and O–H groups in total. The Morgan fingerprint density at radius 1 is 0.909 bits per heavy atom. The molecule has 0 aromatic heterocycles. The lowest BCUT2D eigenvalue weighted by Crippen LogP contribution is -1.93. The average molecular weight is 290 g/mol. The SMILES string of the molecule is Cc1cccc(Cc2ccc3c(C(C)C)c(O)ccc3c2)c1. The number of benzene rings is 3. The first-order chi connectivity index (χ1) is 10.5. The minimum atomic E-state index is 0.311. The topological polar surface area (TPSA) is 20.2 Å². The largest absolute Gasteiger partial charge is 0.508 e. The summed E-state index contributed by atoms with van der Waals surface area (Å²) in [6, 6.07) is 19.0. The van der Waals surface area contributed by atoms with Gasteiger partial charge in [-0.25, -0.2) is 0 Å². The van der Waals surface area contributed by atoms with Gasteiger partial charge < -0.3 is 5.11 Å². The summed E-state index contributed by atoms with van der Waals surface area (Å²) in [6.45, 7) is 6.37. The molecule has 3 aromatic rings. The van der Waals surface area contributed by atoms with Crippen molar-refractivity contribution in [2.45, 2.75) is 33.1 Å². The van der Waals surface area contributed by atoms with E-state index < -0.39 is 0 Å². The Balaban J connectivity index is 2.02. The molecule has 0 saturated carbocycles. The first kappa shape index (κ1) is 14.6. The minimum absolute atomic E-state index is 0.311. The predicted molar refractivity (Wildman–Crippen MR) is 93.7 cm³/mol. The Bertz CT molecular complexity index is 815. The molecule has 0 spiro atoms. The Labute approximate surface area is 132 Å². The highest BCUT2D eigenvalue weighted by Gasteiger charge is 2.11. The van der Waals surface area contributed by atoms with Crippen molar-refractivity contribution in [2.75, 3.05) is 0 Å². The number of hydrogen-bond donors (Lipinski definition) is 1. The Morgan fingerprint density at radius 3 is 2.41 bits per heavy atom. The standard InChI is InChI=1S/C21H22O/c1-14(2)21-19-9-7-17(13-18(19)8-10-20(21)22)12-16-6-4-5-15(3)11-16/h4-11,13-14,22H,12H2,1-3H3. The summed E-state index contributed by atoms with van der Waals surface area (Å²) in [6.07, 6.45) is 0.940. The van der Waals surface area contributed by atoms with E-state index in [0.29, 0.717) is 11.7 Å². The van der Waals surface area contributed by atoms with Crippen LogP contribution in [0, 0.1) is 6.92 Å². The minimum Gasteiger partial charge on any atom is -0.508 e. The highest BCUT2D eigenvalue weighted by Crippen LogP contribution is 2.33. The number of fused-ring (bicyclic) bond motifs is 1. The van der Waals surface area contributed by atoms with Gasteiger partial charge in [0.25, 0.3) is 0 Å². The first-order valence-electron chi connectivity index (χ1n) is 7.84. The van der Waals surface area contributed by atoms with Crippen LogP contribution in [0.15, 0.2) is 54.6 Å². The van der Waals surface area contributed by atoms with E-state index in [0.717, 1.165) is 17.4 Å². The van der Waals surface area contributed by atoms with E-state index in [-0.39, 0.29) is 0 Å². The smallest absolute Gasteiger partial charge is 0.119 e. The van der Waals surface area contributed by atoms with Crippen LogP contribution in [0.2, 0.25) is 0 Å². The Morgan fingerprint density at radius 2 is 1.68 bits per heavy atom. The molecule has 3 rings (SSSR count). The highest BCUT2D eigenvalue weighted by molar-refractivity contribution is 5.88. The zero-order chi connectivity index (χ0) is 15.7. The second-order valence-electron chi connectivity index (χ2n) is 6.37.